The zero-order valence-electron chi connectivity index (χ0n) is 11.9. The van der Waals surface area contributed by atoms with Gasteiger partial charge < -0.3 is 10.3 Å². The van der Waals surface area contributed by atoms with Crippen molar-refractivity contribution >= 4 is 22.8 Å². The third-order valence-corrected chi connectivity index (χ3v) is 4.24. The lowest BCUT2D eigenvalue weighted by Gasteiger charge is -2.08. The normalized spacial score (nSPS) is 11.2. The molecule has 0 aliphatic rings. The number of aryl methyl sites for hydroxylation is 1. The van der Waals surface area contributed by atoms with Crippen LogP contribution in [0.2, 0.25) is 0 Å². The zero-order chi connectivity index (χ0) is 14.8. The predicted octanol–water partition coefficient (Wildman–Crippen LogP) is 3.88. The van der Waals surface area contributed by atoms with E-state index in [1.54, 1.807) is 6.07 Å². The molecule has 0 bridgehead atoms. The van der Waals surface area contributed by atoms with Crippen molar-refractivity contribution in [1.29, 1.82) is 0 Å². The van der Waals surface area contributed by atoms with Crippen LogP contribution < -0.4 is 5.32 Å². The number of aromatic amines is 1. The number of hydrogen-bond acceptors (Lipinski definition) is 3. The molecule has 108 valence electrons. The molecule has 0 fully saturated rings. The molecule has 0 aliphatic carbocycles. The molecule has 5 heteroatoms. The second-order valence-corrected chi connectivity index (χ2v) is 5.94. The predicted molar refractivity (Wildman–Crippen MR) is 84.1 cm³/mol. The molecule has 2 N–H and O–H groups in total. The van der Waals surface area contributed by atoms with Crippen molar-refractivity contribution in [3.63, 3.8) is 0 Å². The van der Waals surface area contributed by atoms with Gasteiger partial charge in [0.25, 0.3) is 0 Å². The molecule has 3 aromatic rings. The summed E-state index contributed by atoms with van der Waals surface area (Å²) in [5, 5.41) is 3.78. The van der Waals surface area contributed by atoms with Crippen molar-refractivity contribution in [2.24, 2.45) is 0 Å². The number of benzene rings is 2. The van der Waals surface area contributed by atoms with Crippen LogP contribution in [-0.4, -0.2) is 17.0 Å². The standard InChI is InChI=1S/C16H16FN3S/c1-10-6-7-13-14(8-10)20-16(19-13)21-15-5-3-4-12(17)11(15)9-18-2/h3-8,18H,9H2,1-2H3,(H,19,20). The van der Waals surface area contributed by atoms with E-state index in [0.29, 0.717) is 12.1 Å². The molecule has 3 rings (SSSR count). The summed E-state index contributed by atoms with van der Waals surface area (Å²) in [6.45, 7) is 2.54. The van der Waals surface area contributed by atoms with Gasteiger partial charge >= 0.3 is 0 Å². The van der Waals surface area contributed by atoms with E-state index in [2.05, 4.69) is 21.4 Å². The fraction of sp³-hybridized carbons (Fsp3) is 0.188. The van der Waals surface area contributed by atoms with E-state index in [4.69, 9.17) is 0 Å². The summed E-state index contributed by atoms with van der Waals surface area (Å²) >= 11 is 1.45. The van der Waals surface area contributed by atoms with E-state index in [1.165, 1.54) is 23.4 Å². The summed E-state index contributed by atoms with van der Waals surface area (Å²) in [7, 11) is 1.81. The Morgan fingerprint density at radius 1 is 1.29 bits per heavy atom. The van der Waals surface area contributed by atoms with Gasteiger partial charge in [0.05, 0.1) is 11.0 Å². The molecule has 0 unspecified atom stereocenters. The number of aromatic nitrogens is 2. The molecule has 0 aliphatic heterocycles. The van der Waals surface area contributed by atoms with E-state index in [1.807, 2.05) is 32.2 Å². The molecule has 0 spiro atoms. The van der Waals surface area contributed by atoms with Crippen LogP contribution in [0.1, 0.15) is 11.1 Å². The highest BCUT2D eigenvalue weighted by Gasteiger charge is 2.11. The first-order valence-electron chi connectivity index (χ1n) is 6.73. The summed E-state index contributed by atoms with van der Waals surface area (Å²) < 4.78 is 13.9. The lowest BCUT2D eigenvalue weighted by molar-refractivity contribution is 0.593. The molecular weight excluding hydrogens is 285 g/mol. The van der Waals surface area contributed by atoms with Gasteiger partial charge in [-0.1, -0.05) is 23.9 Å². The molecule has 0 saturated heterocycles. The van der Waals surface area contributed by atoms with Crippen LogP contribution in [0, 0.1) is 12.7 Å². The van der Waals surface area contributed by atoms with Gasteiger partial charge in [0, 0.05) is 17.0 Å². The maximum atomic E-state index is 13.9. The minimum absolute atomic E-state index is 0.193. The molecule has 1 aromatic heterocycles. The summed E-state index contributed by atoms with van der Waals surface area (Å²) in [4.78, 5) is 8.70. The molecular formula is C16H16FN3S. The first-order chi connectivity index (χ1) is 10.2. The summed E-state index contributed by atoms with van der Waals surface area (Å²) in [5.41, 5.74) is 3.78. The SMILES string of the molecule is CNCc1c(F)cccc1Sc1nc2ccc(C)cc2[nH]1. The third-order valence-electron chi connectivity index (χ3n) is 3.25. The van der Waals surface area contributed by atoms with Gasteiger partial charge in [-0.3, -0.25) is 0 Å². The van der Waals surface area contributed by atoms with Crippen molar-refractivity contribution in [1.82, 2.24) is 15.3 Å². The maximum Gasteiger partial charge on any atom is 0.171 e. The molecule has 3 nitrogen and oxygen atoms in total. The smallest absolute Gasteiger partial charge is 0.171 e. The van der Waals surface area contributed by atoms with Gasteiger partial charge in [-0.2, -0.15) is 0 Å². The summed E-state index contributed by atoms with van der Waals surface area (Å²) in [5.74, 6) is -0.193. The van der Waals surface area contributed by atoms with Gasteiger partial charge in [-0.25, -0.2) is 9.37 Å². The topological polar surface area (TPSA) is 40.7 Å². The Morgan fingerprint density at radius 3 is 2.95 bits per heavy atom. The first-order valence-corrected chi connectivity index (χ1v) is 7.55. The molecule has 2 aromatic carbocycles. The summed E-state index contributed by atoms with van der Waals surface area (Å²) in [6.07, 6.45) is 0. The van der Waals surface area contributed by atoms with E-state index in [0.717, 1.165) is 21.1 Å². The fourth-order valence-electron chi connectivity index (χ4n) is 2.24. The molecule has 0 atom stereocenters. The highest BCUT2D eigenvalue weighted by molar-refractivity contribution is 7.99. The van der Waals surface area contributed by atoms with Gasteiger partial charge in [0.15, 0.2) is 5.16 Å². The third kappa shape index (κ3) is 2.94. The highest BCUT2D eigenvalue weighted by atomic mass is 32.2. The minimum Gasteiger partial charge on any atom is -0.333 e. The van der Waals surface area contributed by atoms with Crippen molar-refractivity contribution in [3.8, 4) is 0 Å². The lowest BCUT2D eigenvalue weighted by Crippen LogP contribution is -2.08. The van der Waals surface area contributed by atoms with Crippen LogP contribution >= 0.6 is 11.8 Å². The minimum atomic E-state index is -0.193. The van der Waals surface area contributed by atoms with E-state index < -0.39 is 0 Å². The molecule has 21 heavy (non-hydrogen) atoms. The second kappa shape index (κ2) is 5.87. The average Bonchev–Trinajstić information content (AvgIpc) is 2.84. The Kier molecular flexibility index (Phi) is 3.94. The Balaban J connectivity index is 1.96. The van der Waals surface area contributed by atoms with E-state index in [-0.39, 0.29) is 5.82 Å². The number of H-pyrrole nitrogens is 1. The largest absolute Gasteiger partial charge is 0.333 e. The van der Waals surface area contributed by atoms with Gasteiger partial charge in [0.1, 0.15) is 5.82 Å². The Labute approximate surface area is 127 Å². The monoisotopic (exact) mass is 301 g/mol. The quantitative estimate of drug-likeness (QED) is 0.768. The first kappa shape index (κ1) is 14.1. The van der Waals surface area contributed by atoms with Gasteiger partial charge in [-0.05, 0) is 43.8 Å². The summed E-state index contributed by atoms with van der Waals surface area (Å²) in [6, 6.07) is 11.2. The average molecular weight is 301 g/mol. The van der Waals surface area contributed by atoms with E-state index in [9.17, 15) is 4.39 Å². The number of nitrogens with zero attached hydrogens (tertiary/aromatic N) is 1. The number of nitrogens with one attached hydrogen (secondary N) is 2. The molecule has 0 amide bonds. The fourth-order valence-corrected chi connectivity index (χ4v) is 3.19. The maximum absolute atomic E-state index is 13.9. The number of rotatable bonds is 4. The number of imidazole rings is 1. The molecule has 0 saturated carbocycles. The molecule has 0 radical (unpaired) electrons. The zero-order valence-corrected chi connectivity index (χ0v) is 12.7. The van der Waals surface area contributed by atoms with Crippen molar-refractivity contribution in [2.45, 2.75) is 23.5 Å². The number of fused-ring (bicyclic) bond motifs is 1. The van der Waals surface area contributed by atoms with Gasteiger partial charge in [0.2, 0.25) is 0 Å². The van der Waals surface area contributed by atoms with Crippen molar-refractivity contribution < 1.29 is 4.39 Å². The van der Waals surface area contributed by atoms with Crippen LogP contribution in [0.4, 0.5) is 4.39 Å². The Morgan fingerprint density at radius 2 is 2.14 bits per heavy atom. The van der Waals surface area contributed by atoms with Crippen molar-refractivity contribution in [3.05, 3.63) is 53.3 Å². The second-order valence-electron chi connectivity index (χ2n) is 4.91. The molecule has 1 heterocycles. The lowest BCUT2D eigenvalue weighted by atomic mass is 10.2. The van der Waals surface area contributed by atoms with E-state index >= 15 is 0 Å². The van der Waals surface area contributed by atoms with Crippen LogP contribution in [0.25, 0.3) is 11.0 Å². The van der Waals surface area contributed by atoms with Crippen LogP contribution in [0.15, 0.2) is 46.5 Å². The highest BCUT2D eigenvalue weighted by Crippen LogP contribution is 2.31. The number of halogens is 1. The Bertz CT molecular complexity index is 782. The van der Waals surface area contributed by atoms with Crippen LogP contribution in [0.5, 0.6) is 0 Å². The number of hydrogen-bond donors (Lipinski definition) is 2. The van der Waals surface area contributed by atoms with Crippen molar-refractivity contribution in [2.75, 3.05) is 7.05 Å². The van der Waals surface area contributed by atoms with Crippen LogP contribution in [0.3, 0.4) is 0 Å². The van der Waals surface area contributed by atoms with Crippen LogP contribution in [-0.2, 0) is 6.54 Å². The van der Waals surface area contributed by atoms with Gasteiger partial charge in [-0.15, -0.1) is 0 Å². The Hall–Kier alpha value is -1.85.